The molecule has 0 heterocycles. The van der Waals surface area contributed by atoms with Gasteiger partial charge >= 0.3 is 5.97 Å². The molecular formula is C17H19NO6S. The van der Waals surface area contributed by atoms with Gasteiger partial charge in [-0.25, -0.2) is 13.2 Å². The summed E-state index contributed by atoms with van der Waals surface area (Å²) in [6, 6.07) is 9.92. The van der Waals surface area contributed by atoms with Crippen molar-refractivity contribution in [1.29, 1.82) is 0 Å². The number of sulfonamides is 1. The number of benzene rings is 2. The number of carboxylic acid groups (broad SMARTS) is 1. The molecule has 0 atom stereocenters. The van der Waals surface area contributed by atoms with Crippen LogP contribution < -0.4 is 14.2 Å². The van der Waals surface area contributed by atoms with E-state index in [1.165, 1.54) is 24.3 Å². The fourth-order valence-corrected chi connectivity index (χ4v) is 3.23. The Labute approximate surface area is 146 Å². The standard InChI is InChI=1S/C17H19NO6S/c1-3-23-13-8-9-16(24-4-2)15(11-13)18-25(21,22)14-7-5-6-12(10-14)17(19)20/h5-11,18H,3-4H2,1-2H3,(H,19,20). The molecule has 0 spiro atoms. The average Bonchev–Trinajstić information content (AvgIpc) is 2.57. The minimum Gasteiger partial charge on any atom is -0.494 e. The zero-order valence-corrected chi connectivity index (χ0v) is 14.7. The molecule has 7 nitrogen and oxygen atoms in total. The van der Waals surface area contributed by atoms with Gasteiger partial charge in [0, 0.05) is 6.07 Å². The van der Waals surface area contributed by atoms with Gasteiger partial charge in [-0.2, -0.15) is 0 Å². The molecule has 2 N–H and O–H groups in total. The number of hydrogen-bond acceptors (Lipinski definition) is 5. The van der Waals surface area contributed by atoms with Crippen molar-refractivity contribution in [3.05, 3.63) is 48.0 Å². The molecule has 0 fully saturated rings. The summed E-state index contributed by atoms with van der Waals surface area (Å²) in [5.41, 5.74) is 0.101. The van der Waals surface area contributed by atoms with Gasteiger partial charge in [0.05, 0.1) is 29.4 Å². The third-order valence-electron chi connectivity index (χ3n) is 3.20. The summed E-state index contributed by atoms with van der Waals surface area (Å²) in [4.78, 5) is 10.9. The van der Waals surface area contributed by atoms with Gasteiger partial charge in [-0.3, -0.25) is 4.72 Å². The summed E-state index contributed by atoms with van der Waals surface area (Å²) in [5.74, 6) is -0.364. The van der Waals surface area contributed by atoms with Crippen LogP contribution in [0.5, 0.6) is 11.5 Å². The summed E-state index contributed by atoms with van der Waals surface area (Å²) in [6.07, 6.45) is 0. The van der Waals surface area contributed by atoms with E-state index in [9.17, 15) is 13.2 Å². The van der Waals surface area contributed by atoms with Crippen LogP contribution in [0.3, 0.4) is 0 Å². The van der Waals surface area contributed by atoms with Gasteiger partial charge < -0.3 is 14.6 Å². The first kappa shape index (κ1) is 18.6. The van der Waals surface area contributed by atoms with E-state index in [-0.39, 0.29) is 16.1 Å². The van der Waals surface area contributed by atoms with E-state index in [0.717, 1.165) is 6.07 Å². The van der Waals surface area contributed by atoms with Crippen molar-refractivity contribution in [2.75, 3.05) is 17.9 Å². The van der Waals surface area contributed by atoms with Gasteiger partial charge in [0.25, 0.3) is 10.0 Å². The number of rotatable bonds is 8. The van der Waals surface area contributed by atoms with Gasteiger partial charge in [-0.05, 0) is 44.2 Å². The molecule has 0 aliphatic carbocycles. The third kappa shape index (κ3) is 4.63. The molecule has 0 amide bonds. The zero-order chi connectivity index (χ0) is 18.4. The molecule has 2 aromatic carbocycles. The van der Waals surface area contributed by atoms with E-state index in [2.05, 4.69) is 4.72 Å². The molecule has 8 heteroatoms. The first-order valence-electron chi connectivity index (χ1n) is 7.63. The van der Waals surface area contributed by atoms with E-state index in [4.69, 9.17) is 14.6 Å². The first-order valence-corrected chi connectivity index (χ1v) is 9.11. The van der Waals surface area contributed by atoms with Crippen LogP contribution in [0, 0.1) is 0 Å². The van der Waals surface area contributed by atoms with E-state index >= 15 is 0 Å². The maximum Gasteiger partial charge on any atom is 0.335 e. The van der Waals surface area contributed by atoms with Crippen LogP contribution in [-0.4, -0.2) is 32.7 Å². The SMILES string of the molecule is CCOc1ccc(OCC)c(NS(=O)(=O)c2cccc(C(=O)O)c2)c1. The van der Waals surface area contributed by atoms with Crippen molar-refractivity contribution in [2.45, 2.75) is 18.7 Å². The number of carbonyl (C=O) groups is 1. The number of ether oxygens (including phenoxy) is 2. The largest absolute Gasteiger partial charge is 0.494 e. The summed E-state index contributed by atoms with van der Waals surface area (Å²) >= 11 is 0. The summed E-state index contributed by atoms with van der Waals surface area (Å²) in [7, 11) is -3.99. The van der Waals surface area contributed by atoms with Crippen LogP contribution in [0.15, 0.2) is 47.4 Å². The summed E-state index contributed by atoms with van der Waals surface area (Å²) in [5, 5.41) is 9.02. The highest BCUT2D eigenvalue weighted by molar-refractivity contribution is 7.92. The van der Waals surface area contributed by atoms with Crippen molar-refractivity contribution in [3.63, 3.8) is 0 Å². The second kappa shape index (κ2) is 7.89. The van der Waals surface area contributed by atoms with Crippen LogP contribution >= 0.6 is 0 Å². The van der Waals surface area contributed by atoms with E-state index < -0.39 is 16.0 Å². The van der Waals surface area contributed by atoms with Crippen LogP contribution in [0.4, 0.5) is 5.69 Å². The molecule has 0 saturated heterocycles. The lowest BCUT2D eigenvalue weighted by atomic mass is 10.2. The van der Waals surface area contributed by atoms with Gasteiger partial charge in [0.15, 0.2) is 0 Å². The quantitative estimate of drug-likeness (QED) is 0.746. The van der Waals surface area contributed by atoms with E-state index in [1.807, 2.05) is 6.92 Å². The predicted molar refractivity (Wildman–Crippen MR) is 93.0 cm³/mol. The predicted octanol–water partition coefficient (Wildman–Crippen LogP) is 2.98. The zero-order valence-electron chi connectivity index (χ0n) is 13.9. The van der Waals surface area contributed by atoms with Crippen molar-refractivity contribution in [3.8, 4) is 11.5 Å². The normalized spacial score (nSPS) is 11.0. The number of hydrogen-bond donors (Lipinski definition) is 2. The Bertz CT molecular complexity index is 863. The molecule has 2 rings (SSSR count). The molecule has 0 radical (unpaired) electrons. The summed E-state index contributed by atoms with van der Waals surface area (Å²) < 4.78 is 38.5. The fraction of sp³-hybridized carbons (Fsp3) is 0.235. The number of anilines is 1. The topological polar surface area (TPSA) is 102 Å². The molecule has 0 aromatic heterocycles. The fourth-order valence-electron chi connectivity index (χ4n) is 2.13. The molecule has 0 saturated carbocycles. The Morgan fingerprint density at radius 1 is 1.08 bits per heavy atom. The van der Waals surface area contributed by atoms with Gasteiger partial charge in [0.2, 0.25) is 0 Å². The smallest absolute Gasteiger partial charge is 0.335 e. The number of nitrogens with one attached hydrogen (secondary N) is 1. The lowest BCUT2D eigenvalue weighted by Crippen LogP contribution is -2.15. The summed E-state index contributed by atoms with van der Waals surface area (Å²) in [6.45, 7) is 4.39. The molecule has 0 unspecified atom stereocenters. The van der Waals surface area contributed by atoms with Gasteiger partial charge in [-0.15, -0.1) is 0 Å². The minimum atomic E-state index is -3.99. The molecule has 0 aliphatic rings. The maximum atomic E-state index is 12.6. The Balaban J connectivity index is 2.40. The Morgan fingerprint density at radius 2 is 1.80 bits per heavy atom. The highest BCUT2D eigenvalue weighted by Crippen LogP contribution is 2.31. The van der Waals surface area contributed by atoms with Crippen molar-refractivity contribution < 1.29 is 27.8 Å². The highest BCUT2D eigenvalue weighted by atomic mass is 32.2. The monoisotopic (exact) mass is 365 g/mol. The molecule has 134 valence electrons. The highest BCUT2D eigenvalue weighted by Gasteiger charge is 2.19. The Morgan fingerprint density at radius 3 is 2.44 bits per heavy atom. The second-order valence-corrected chi connectivity index (χ2v) is 6.64. The lowest BCUT2D eigenvalue weighted by molar-refractivity contribution is 0.0696. The average molecular weight is 365 g/mol. The molecule has 0 bridgehead atoms. The van der Waals surface area contributed by atoms with Crippen LogP contribution in [0.1, 0.15) is 24.2 Å². The molecular weight excluding hydrogens is 346 g/mol. The Kier molecular flexibility index (Phi) is 5.87. The van der Waals surface area contributed by atoms with E-state index in [1.54, 1.807) is 19.1 Å². The Hall–Kier alpha value is -2.74. The van der Waals surface area contributed by atoms with E-state index in [0.29, 0.717) is 24.7 Å². The minimum absolute atomic E-state index is 0.115. The first-order chi connectivity index (χ1) is 11.9. The number of carboxylic acids is 1. The van der Waals surface area contributed by atoms with Crippen LogP contribution in [0.2, 0.25) is 0 Å². The molecule has 2 aromatic rings. The molecule has 25 heavy (non-hydrogen) atoms. The van der Waals surface area contributed by atoms with Crippen molar-refractivity contribution in [2.24, 2.45) is 0 Å². The van der Waals surface area contributed by atoms with Crippen molar-refractivity contribution in [1.82, 2.24) is 0 Å². The van der Waals surface area contributed by atoms with Crippen molar-refractivity contribution >= 4 is 21.7 Å². The third-order valence-corrected chi connectivity index (χ3v) is 4.56. The number of aromatic carboxylic acids is 1. The van der Waals surface area contributed by atoms with Gasteiger partial charge in [0.1, 0.15) is 11.5 Å². The van der Waals surface area contributed by atoms with Gasteiger partial charge in [-0.1, -0.05) is 6.07 Å². The maximum absolute atomic E-state index is 12.6. The lowest BCUT2D eigenvalue weighted by Gasteiger charge is -2.14. The van der Waals surface area contributed by atoms with Crippen LogP contribution in [-0.2, 0) is 10.0 Å². The molecule has 0 aliphatic heterocycles. The second-order valence-electron chi connectivity index (χ2n) is 4.96. The van der Waals surface area contributed by atoms with Crippen LogP contribution in [0.25, 0.3) is 0 Å².